The third-order valence-corrected chi connectivity index (χ3v) is 6.83. The molecule has 1 aliphatic heterocycles. The lowest BCUT2D eigenvalue weighted by molar-refractivity contribution is -0.277. The minimum atomic E-state index is -1.58. The van der Waals surface area contributed by atoms with Gasteiger partial charge in [0, 0.05) is 17.0 Å². The third kappa shape index (κ3) is 4.84. The van der Waals surface area contributed by atoms with Crippen LogP contribution >= 0.6 is 0 Å². The maximum Gasteiger partial charge on any atom is 0.229 e. The number of rotatable bonds is 8. The Kier molecular flexibility index (Phi) is 7.56. The van der Waals surface area contributed by atoms with Gasteiger partial charge in [0.2, 0.25) is 6.29 Å². The van der Waals surface area contributed by atoms with Gasteiger partial charge in [-0.2, -0.15) is 0 Å². The number of aromatic nitrogens is 1. The second-order valence-electron chi connectivity index (χ2n) is 9.11. The third-order valence-electron chi connectivity index (χ3n) is 6.83. The molecule has 5 atom stereocenters. The zero-order valence-corrected chi connectivity index (χ0v) is 21.3. The monoisotopic (exact) mass is 535 g/mol. The summed E-state index contributed by atoms with van der Waals surface area (Å²) in [6.07, 6.45) is -5.46. The Hall–Kier alpha value is -3.93. The second kappa shape index (κ2) is 11.0. The Bertz CT molecular complexity index is 1480. The van der Waals surface area contributed by atoms with E-state index in [1.807, 2.05) is 30.3 Å². The van der Waals surface area contributed by atoms with Gasteiger partial charge in [0.05, 0.1) is 43.8 Å². The SMILES string of the molecule is COc1ccc(C(=O)c2ccccc2-n2cc(O[C@H]3O[C@@H](CO)[C@@H](O)[C@@H](O)[C@@H]3O)c3ccccc32)c(OC)c1. The van der Waals surface area contributed by atoms with Crippen LogP contribution in [0.5, 0.6) is 17.2 Å². The number of hydrogen-bond donors (Lipinski definition) is 4. The molecule has 5 rings (SSSR count). The van der Waals surface area contributed by atoms with E-state index in [9.17, 15) is 25.2 Å². The molecule has 0 aliphatic carbocycles. The van der Waals surface area contributed by atoms with Crippen LogP contribution in [0.25, 0.3) is 16.6 Å². The predicted octanol–water partition coefficient (Wildman–Crippen LogP) is 2.06. The lowest BCUT2D eigenvalue weighted by Gasteiger charge is -2.39. The number of para-hydroxylation sites is 2. The number of methoxy groups -OCH3 is 2. The van der Waals surface area contributed by atoms with E-state index in [0.717, 1.165) is 0 Å². The molecule has 0 bridgehead atoms. The van der Waals surface area contributed by atoms with E-state index < -0.39 is 37.3 Å². The van der Waals surface area contributed by atoms with Gasteiger partial charge in [-0.3, -0.25) is 4.79 Å². The molecule has 0 saturated carbocycles. The number of ketones is 1. The minimum absolute atomic E-state index is 0.265. The first kappa shape index (κ1) is 26.7. The van der Waals surface area contributed by atoms with E-state index in [2.05, 4.69) is 0 Å². The van der Waals surface area contributed by atoms with Crippen LogP contribution in [0, 0.1) is 0 Å². The van der Waals surface area contributed by atoms with Crippen LogP contribution in [-0.4, -0.2) is 82.3 Å². The van der Waals surface area contributed by atoms with Gasteiger partial charge < -0.3 is 43.9 Å². The van der Waals surface area contributed by atoms with Crippen molar-refractivity contribution in [2.24, 2.45) is 0 Å². The highest BCUT2D eigenvalue weighted by Crippen LogP contribution is 2.35. The summed E-state index contributed by atoms with van der Waals surface area (Å²) < 4.78 is 24.0. The summed E-state index contributed by atoms with van der Waals surface area (Å²) in [6, 6.07) is 19.4. The molecule has 4 aromatic rings. The summed E-state index contributed by atoms with van der Waals surface area (Å²) in [5.74, 6) is 0.972. The number of benzene rings is 3. The van der Waals surface area contributed by atoms with E-state index in [4.69, 9.17) is 18.9 Å². The first-order valence-corrected chi connectivity index (χ1v) is 12.3. The molecular formula is C29H29NO9. The van der Waals surface area contributed by atoms with Crippen molar-refractivity contribution in [2.45, 2.75) is 30.7 Å². The molecule has 1 fully saturated rings. The molecule has 10 heteroatoms. The topological polar surface area (TPSA) is 140 Å². The Morgan fingerprint density at radius 1 is 0.872 bits per heavy atom. The molecule has 3 aromatic carbocycles. The average Bonchev–Trinajstić information content (AvgIpc) is 3.34. The van der Waals surface area contributed by atoms with Crippen LogP contribution in [0.15, 0.2) is 72.9 Å². The van der Waals surface area contributed by atoms with E-state index in [1.165, 1.54) is 14.2 Å². The van der Waals surface area contributed by atoms with Crippen molar-refractivity contribution >= 4 is 16.7 Å². The van der Waals surface area contributed by atoms with E-state index >= 15 is 0 Å². The van der Waals surface area contributed by atoms with Crippen molar-refractivity contribution in [2.75, 3.05) is 20.8 Å². The van der Waals surface area contributed by atoms with Gasteiger partial charge in [0.15, 0.2) is 5.78 Å². The van der Waals surface area contributed by atoms with Gasteiger partial charge in [-0.05, 0) is 36.4 Å². The molecule has 0 radical (unpaired) electrons. The number of ether oxygens (including phenoxy) is 4. The summed E-state index contributed by atoms with van der Waals surface area (Å²) in [5, 5.41) is 41.0. The van der Waals surface area contributed by atoms with Crippen molar-refractivity contribution in [3.05, 3.63) is 84.1 Å². The van der Waals surface area contributed by atoms with Crippen molar-refractivity contribution in [1.82, 2.24) is 4.57 Å². The lowest BCUT2D eigenvalue weighted by Crippen LogP contribution is -2.60. The summed E-state index contributed by atoms with van der Waals surface area (Å²) in [5.41, 5.74) is 2.04. The van der Waals surface area contributed by atoms with Gasteiger partial charge in [-0.15, -0.1) is 0 Å². The number of nitrogens with zero attached hydrogens (tertiary/aromatic N) is 1. The standard InChI is InChI=1S/C29H29NO9/c1-36-16-11-12-19(22(13-16)37-2)25(32)18-8-4-6-10-21(18)30-14-23(17-7-3-5-9-20(17)30)38-29-28(35)27(34)26(33)24(15-31)39-29/h3-14,24,26-29,31,33-35H,15H2,1-2H3/t24-,26+,27+,28-,29-/m0/s1. The molecule has 1 aromatic heterocycles. The predicted molar refractivity (Wildman–Crippen MR) is 141 cm³/mol. The van der Waals surface area contributed by atoms with Gasteiger partial charge in [0.25, 0.3) is 0 Å². The summed E-state index contributed by atoms with van der Waals surface area (Å²) in [6.45, 7) is -0.573. The quantitative estimate of drug-likeness (QED) is 0.250. The molecule has 0 spiro atoms. The molecule has 0 amide bonds. The molecule has 4 N–H and O–H groups in total. The fourth-order valence-corrected chi connectivity index (χ4v) is 4.74. The fraction of sp³-hybridized carbons (Fsp3) is 0.276. The zero-order valence-electron chi connectivity index (χ0n) is 21.3. The van der Waals surface area contributed by atoms with E-state index in [0.29, 0.717) is 45.0 Å². The van der Waals surface area contributed by atoms with Crippen LogP contribution in [0.3, 0.4) is 0 Å². The van der Waals surface area contributed by atoms with Gasteiger partial charge in [-0.25, -0.2) is 0 Å². The number of aliphatic hydroxyl groups excluding tert-OH is 4. The number of aliphatic hydroxyl groups is 4. The molecular weight excluding hydrogens is 506 g/mol. The van der Waals surface area contributed by atoms with Crippen molar-refractivity contribution < 1.29 is 44.2 Å². The minimum Gasteiger partial charge on any atom is -0.497 e. The number of fused-ring (bicyclic) bond motifs is 1. The average molecular weight is 536 g/mol. The maximum absolute atomic E-state index is 13.8. The van der Waals surface area contributed by atoms with Crippen molar-refractivity contribution in [1.29, 1.82) is 0 Å². The van der Waals surface area contributed by atoms with Gasteiger partial charge in [-0.1, -0.05) is 24.3 Å². The highest BCUT2D eigenvalue weighted by molar-refractivity contribution is 6.13. The molecule has 204 valence electrons. The molecule has 10 nitrogen and oxygen atoms in total. The number of carbonyl (C=O) groups excluding carboxylic acids is 1. The van der Waals surface area contributed by atoms with Crippen LogP contribution in [0.2, 0.25) is 0 Å². The Morgan fingerprint density at radius 3 is 2.36 bits per heavy atom. The first-order chi connectivity index (χ1) is 18.9. The van der Waals surface area contributed by atoms with Gasteiger partial charge >= 0.3 is 0 Å². The molecule has 1 aliphatic rings. The summed E-state index contributed by atoms with van der Waals surface area (Å²) >= 11 is 0. The largest absolute Gasteiger partial charge is 0.497 e. The Labute approximate surface area is 224 Å². The molecule has 39 heavy (non-hydrogen) atoms. The fourth-order valence-electron chi connectivity index (χ4n) is 4.74. The second-order valence-corrected chi connectivity index (χ2v) is 9.11. The van der Waals surface area contributed by atoms with Gasteiger partial charge in [0.1, 0.15) is 41.7 Å². The van der Waals surface area contributed by atoms with Crippen LogP contribution in [0.4, 0.5) is 0 Å². The number of carbonyl (C=O) groups is 1. The zero-order chi connectivity index (χ0) is 27.7. The van der Waals surface area contributed by atoms with Crippen LogP contribution in [-0.2, 0) is 4.74 Å². The smallest absolute Gasteiger partial charge is 0.229 e. The van der Waals surface area contributed by atoms with E-state index in [-0.39, 0.29) is 5.78 Å². The highest BCUT2D eigenvalue weighted by atomic mass is 16.7. The van der Waals surface area contributed by atoms with Crippen molar-refractivity contribution in [3.63, 3.8) is 0 Å². The highest BCUT2D eigenvalue weighted by Gasteiger charge is 2.45. The maximum atomic E-state index is 13.8. The van der Waals surface area contributed by atoms with Crippen LogP contribution < -0.4 is 14.2 Å². The molecule has 2 heterocycles. The first-order valence-electron chi connectivity index (χ1n) is 12.3. The van der Waals surface area contributed by atoms with E-state index in [1.54, 1.807) is 47.2 Å². The normalized spacial score (nSPS) is 23.0. The van der Waals surface area contributed by atoms with Crippen LogP contribution in [0.1, 0.15) is 15.9 Å². The number of hydrogen-bond acceptors (Lipinski definition) is 9. The Balaban J connectivity index is 1.56. The van der Waals surface area contributed by atoms with Crippen molar-refractivity contribution in [3.8, 4) is 22.9 Å². The summed E-state index contributed by atoms with van der Waals surface area (Å²) in [7, 11) is 3.02. The summed E-state index contributed by atoms with van der Waals surface area (Å²) in [4.78, 5) is 13.8. The Morgan fingerprint density at radius 2 is 1.62 bits per heavy atom. The molecule has 0 unspecified atom stereocenters. The lowest BCUT2D eigenvalue weighted by atomic mass is 9.99. The molecule has 1 saturated heterocycles.